The average Bonchev–Trinajstić information content (AvgIpc) is 2.23. The summed E-state index contributed by atoms with van der Waals surface area (Å²) in [5.41, 5.74) is 10.4. The van der Waals surface area contributed by atoms with Crippen molar-refractivity contribution < 1.29 is 0 Å². The van der Waals surface area contributed by atoms with Crippen molar-refractivity contribution in [1.82, 2.24) is 0 Å². The van der Waals surface area contributed by atoms with Gasteiger partial charge in [0.15, 0.2) is 0 Å². The highest BCUT2D eigenvalue weighted by molar-refractivity contribution is 7.99. The first-order valence-electron chi connectivity index (χ1n) is 6.39. The molecule has 0 aliphatic heterocycles. The molecular weight excluding hydrogens is 226 g/mol. The molecule has 0 aliphatic rings. The number of thioether (sulfide) groups is 1. The van der Waals surface area contributed by atoms with Crippen molar-refractivity contribution in [2.75, 3.05) is 11.5 Å². The molecule has 0 radical (unpaired) electrons. The van der Waals surface area contributed by atoms with Gasteiger partial charge in [-0.05, 0) is 48.6 Å². The number of hydrogen-bond acceptors (Lipinski definition) is 2. The van der Waals surface area contributed by atoms with Crippen LogP contribution in [0.1, 0.15) is 30.5 Å². The monoisotopic (exact) mass is 251 g/mol. The molecule has 0 fully saturated rings. The van der Waals surface area contributed by atoms with E-state index in [2.05, 4.69) is 45.9 Å². The van der Waals surface area contributed by atoms with Crippen LogP contribution in [0.15, 0.2) is 18.2 Å². The lowest BCUT2D eigenvalue weighted by Gasteiger charge is -2.16. The summed E-state index contributed by atoms with van der Waals surface area (Å²) in [6.45, 7) is 8.86. The fraction of sp³-hybridized carbons (Fsp3) is 0.600. The molecule has 0 aromatic heterocycles. The number of benzene rings is 1. The van der Waals surface area contributed by atoms with Crippen molar-refractivity contribution in [2.24, 2.45) is 11.7 Å². The molecule has 0 amide bonds. The first-order chi connectivity index (χ1) is 8.00. The molecular formula is C15H25NS. The molecule has 96 valence electrons. The quantitative estimate of drug-likeness (QED) is 0.836. The molecule has 2 heteroatoms. The van der Waals surface area contributed by atoms with Crippen molar-refractivity contribution in [3.8, 4) is 0 Å². The fourth-order valence-electron chi connectivity index (χ4n) is 1.95. The van der Waals surface area contributed by atoms with E-state index in [1.54, 1.807) is 0 Å². The molecule has 0 spiro atoms. The van der Waals surface area contributed by atoms with Crippen LogP contribution in [0.5, 0.6) is 0 Å². The van der Waals surface area contributed by atoms with E-state index < -0.39 is 0 Å². The molecule has 1 aromatic rings. The zero-order valence-corrected chi connectivity index (χ0v) is 12.3. The highest BCUT2D eigenvalue weighted by Crippen LogP contribution is 2.17. The van der Waals surface area contributed by atoms with Crippen LogP contribution in [0.4, 0.5) is 0 Å². The first-order valence-corrected chi connectivity index (χ1v) is 7.54. The molecule has 0 bridgehead atoms. The lowest BCUT2D eigenvalue weighted by atomic mass is 9.97. The molecule has 0 saturated heterocycles. The van der Waals surface area contributed by atoms with E-state index in [0.29, 0.717) is 0 Å². The second-order valence-corrected chi connectivity index (χ2v) is 6.34. The lowest BCUT2D eigenvalue weighted by Crippen LogP contribution is -2.26. The Hall–Kier alpha value is -0.470. The molecule has 2 N–H and O–H groups in total. The van der Waals surface area contributed by atoms with E-state index in [1.807, 2.05) is 11.8 Å². The van der Waals surface area contributed by atoms with E-state index in [-0.39, 0.29) is 6.04 Å². The van der Waals surface area contributed by atoms with Crippen molar-refractivity contribution in [2.45, 2.75) is 40.2 Å². The zero-order chi connectivity index (χ0) is 12.8. The van der Waals surface area contributed by atoms with E-state index in [9.17, 15) is 0 Å². The summed E-state index contributed by atoms with van der Waals surface area (Å²) in [4.78, 5) is 0. The summed E-state index contributed by atoms with van der Waals surface area (Å²) in [6, 6.07) is 6.75. The van der Waals surface area contributed by atoms with Crippen LogP contribution < -0.4 is 5.73 Å². The normalized spacial score (nSPS) is 13.1. The first kappa shape index (κ1) is 14.6. The van der Waals surface area contributed by atoms with Gasteiger partial charge in [-0.25, -0.2) is 0 Å². The van der Waals surface area contributed by atoms with Crippen LogP contribution in [-0.2, 0) is 6.42 Å². The van der Waals surface area contributed by atoms with E-state index in [1.165, 1.54) is 22.4 Å². The standard InChI is InChI=1S/C15H25NS/c1-11(2)9-17-10-14(16)8-15-12(3)6-5-7-13(15)4/h5-7,11,14H,8-10,16H2,1-4H3. The minimum atomic E-state index is 0.276. The van der Waals surface area contributed by atoms with E-state index >= 15 is 0 Å². The second-order valence-electron chi connectivity index (χ2n) is 5.27. The minimum Gasteiger partial charge on any atom is -0.327 e. The average molecular weight is 251 g/mol. The summed E-state index contributed by atoms with van der Waals surface area (Å²) in [5.74, 6) is 3.03. The highest BCUT2D eigenvalue weighted by Gasteiger charge is 2.09. The molecule has 17 heavy (non-hydrogen) atoms. The Balaban J connectivity index is 2.47. The summed E-state index contributed by atoms with van der Waals surface area (Å²) in [5, 5.41) is 0. The van der Waals surface area contributed by atoms with Gasteiger partial charge in [0.05, 0.1) is 0 Å². The Morgan fingerprint density at radius 2 is 1.71 bits per heavy atom. The molecule has 0 aliphatic carbocycles. The van der Waals surface area contributed by atoms with Crippen molar-refractivity contribution in [3.63, 3.8) is 0 Å². The van der Waals surface area contributed by atoms with Gasteiger partial charge in [-0.1, -0.05) is 32.0 Å². The van der Waals surface area contributed by atoms with Crippen LogP contribution >= 0.6 is 11.8 Å². The van der Waals surface area contributed by atoms with Gasteiger partial charge in [0.2, 0.25) is 0 Å². The summed E-state index contributed by atoms with van der Waals surface area (Å²) < 4.78 is 0. The predicted molar refractivity (Wildman–Crippen MR) is 79.8 cm³/mol. The third-order valence-corrected chi connectivity index (χ3v) is 4.46. The van der Waals surface area contributed by atoms with Gasteiger partial charge in [-0.3, -0.25) is 0 Å². The van der Waals surface area contributed by atoms with Gasteiger partial charge in [-0.2, -0.15) is 11.8 Å². The number of nitrogens with two attached hydrogens (primary N) is 1. The topological polar surface area (TPSA) is 26.0 Å². The maximum atomic E-state index is 6.21. The third-order valence-electron chi connectivity index (χ3n) is 2.89. The van der Waals surface area contributed by atoms with Crippen LogP contribution in [0.3, 0.4) is 0 Å². The summed E-state index contributed by atoms with van der Waals surface area (Å²) >= 11 is 1.98. The van der Waals surface area contributed by atoms with Crippen LogP contribution in [0.25, 0.3) is 0 Å². The van der Waals surface area contributed by atoms with E-state index in [0.717, 1.165) is 18.1 Å². The van der Waals surface area contributed by atoms with Crippen LogP contribution in [0.2, 0.25) is 0 Å². The smallest absolute Gasteiger partial charge is 0.0171 e. The van der Waals surface area contributed by atoms with E-state index in [4.69, 9.17) is 5.73 Å². The summed E-state index contributed by atoms with van der Waals surface area (Å²) in [7, 11) is 0. The van der Waals surface area contributed by atoms with Crippen LogP contribution in [0, 0.1) is 19.8 Å². The molecule has 1 unspecified atom stereocenters. The number of hydrogen-bond donors (Lipinski definition) is 1. The zero-order valence-electron chi connectivity index (χ0n) is 11.5. The molecule has 1 rings (SSSR count). The Bertz CT molecular complexity index is 327. The lowest BCUT2D eigenvalue weighted by molar-refractivity contribution is 0.728. The fourth-order valence-corrected chi connectivity index (χ4v) is 2.98. The van der Waals surface area contributed by atoms with Gasteiger partial charge in [-0.15, -0.1) is 0 Å². The highest BCUT2D eigenvalue weighted by atomic mass is 32.2. The van der Waals surface area contributed by atoms with Crippen molar-refractivity contribution >= 4 is 11.8 Å². The number of rotatable bonds is 6. The Morgan fingerprint density at radius 3 is 2.24 bits per heavy atom. The number of aryl methyl sites for hydroxylation is 2. The molecule has 1 aromatic carbocycles. The molecule has 0 saturated carbocycles. The van der Waals surface area contributed by atoms with Gasteiger partial charge in [0, 0.05) is 11.8 Å². The Labute approximate surface area is 110 Å². The Kier molecular flexibility index (Phi) is 6.07. The molecule has 1 nitrogen and oxygen atoms in total. The second kappa shape index (κ2) is 7.07. The maximum Gasteiger partial charge on any atom is 0.0171 e. The van der Waals surface area contributed by atoms with Gasteiger partial charge in [0.25, 0.3) is 0 Å². The molecule has 1 atom stereocenters. The van der Waals surface area contributed by atoms with Gasteiger partial charge < -0.3 is 5.73 Å². The van der Waals surface area contributed by atoms with Crippen molar-refractivity contribution in [3.05, 3.63) is 34.9 Å². The third kappa shape index (κ3) is 5.13. The SMILES string of the molecule is Cc1cccc(C)c1CC(N)CSCC(C)C. The molecule has 0 heterocycles. The predicted octanol–water partition coefficient (Wildman–Crippen LogP) is 3.56. The van der Waals surface area contributed by atoms with Gasteiger partial charge in [0.1, 0.15) is 0 Å². The van der Waals surface area contributed by atoms with Crippen molar-refractivity contribution in [1.29, 1.82) is 0 Å². The summed E-state index contributed by atoms with van der Waals surface area (Å²) in [6.07, 6.45) is 1.00. The minimum absolute atomic E-state index is 0.276. The largest absolute Gasteiger partial charge is 0.327 e. The maximum absolute atomic E-state index is 6.21. The van der Waals surface area contributed by atoms with Crippen LogP contribution in [-0.4, -0.2) is 17.5 Å². The Morgan fingerprint density at radius 1 is 1.12 bits per heavy atom. The van der Waals surface area contributed by atoms with Gasteiger partial charge >= 0.3 is 0 Å².